The number of nitrogens with two attached hydrogens (primary N) is 3. The predicted octanol–water partition coefficient (Wildman–Crippen LogP) is -14.0. The quantitative estimate of drug-likeness (QED) is 0.0109. The first kappa shape index (κ1) is 82.1. The van der Waals surface area contributed by atoms with Crippen LogP contribution in [0.15, 0.2) is 35.3 Å². The molecule has 0 fully saturated rings. The SMILES string of the molecule is CC[C@@H](O)[C@@H](O)[C@H](O)[C@H](NC(=O)C(CC(=O)O)NC(=O)[C@@H](NC(C)[C@H]([C@H](O)[C@@H](O)[C@@H](O)CO)N(N)C(=O)[C@@H](NC(=O)CC[C@H](NC(=O)c1ccc(NCc2cnc3nc(N)[nH]c(=O)c3n2)cc1)C(=O)O)[C@@H](O)[C@H](O)[C@H](O)CO)[C@@H](O)[C@H](O)[C@H](O)CO)C(=O)N(N)[C@H](CS)C(=O)O. The van der Waals surface area contributed by atoms with Crippen molar-refractivity contribution in [3.8, 4) is 0 Å². The molecule has 43 nitrogen and oxygen atoms in total. The van der Waals surface area contributed by atoms with Gasteiger partial charge in [-0.05, 0) is 44.0 Å². The smallest absolute Gasteiger partial charge is 0.328 e. The number of carbonyl (C=O) groups is 9. The molecule has 0 spiro atoms. The van der Waals surface area contributed by atoms with Crippen molar-refractivity contribution in [3.05, 3.63) is 52.1 Å². The molecule has 0 saturated heterocycles. The van der Waals surface area contributed by atoms with E-state index in [1.165, 1.54) is 37.4 Å². The van der Waals surface area contributed by atoms with Crippen molar-refractivity contribution in [2.45, 2.75) is 168 Å². The van der Waals surface area contributed by atoms with Gasteiger partial charge in [0.1, 0.15) is 97.4 Å². The average Bonchev–Trinajstić information content (AvgIpc) is 0.821. The van der Waals surface area contributed by atoms with E-state index >= 15 is 0 Å². The van der Waals surface area contributed by atoms with E-state index in [9.17, 15) is 140 Å². The summed E-state index contributed by atoms with van der Waals surface area (Å²) >= 11 is 3.79. The second-order valence-corrected chi connectivity index (χ2v) is 22.0. The van der Waals surface area contributed by atoms with Crippen LogP contribution in [-0.2, 0) is 44.9 Å². The summed E-state index contributed by atoms with van der Waals surface area (Å²) in [5.41, 5.74) is 5.34. The molecule has 0 aliphatic rings. The number of aromatic nitrogens is 4. The normalized spacial score (nSPS) is 18.0. The lowest BCUT2D eigenvalue weighted by molar-refractivity contribution is -0.158. The van der Waals surface area contributed by atoms with E-state index in [1.54, 1.807) is 10.6 Å². The zero-order valence-electron chi connectivity index (χ0n) is 50.8. The van der Waals surface area contributed by atoms with Crippen LogP contribution in [0.5, 0.6) is 0 Å². The monoisotopic (exact) mass is 1400 g/mol. The minimum absolute atomic E-state index is 0.00767. The van der Waals surface area contributed by atoms with Gasteiger partial charge in [-0.15, -0.1) is 0 Å². The van der Waals surface area contributed by atoms with Crippen LogP contribution in [-0.4, -0.2) is 322 Å². The Hall–Kier alpha value is -8.10. The van der Waals surface area contributed by atoms with Gasteiger partial charge >= 0.3 is 17.9 Å². The number of hydrogen-bond acceptors (Lipinski definition) is 34. The van der Waals surface area contributed by atoms with Crippen molar-refractivity contribution < 1.29 is 135 Å². The Morgan fingerprint density at radius 3 is 1.64 bits per heavy atom. The Bertz CT molecular complexity index is 3180. The topological polar surface area (TPSA) is 746 Å². The number of benzene rings is 1. The van der Waals surface area contributed by atoms with Gasteiger partial charge in [0, 0.05) is 29.5 Å². The predicted molar refractivity (Wildman–Crippen MR) is 323 cm³/mol. The maximum Gasteiger partial charge on any atom is 0.328 e. The molecule has 31 N–H and O–H groups in total. The highest BCUT2D eigenvalue weighted by Gasteiger charge is 2.48. The number of nitrogens with zero attached hydrogens (tertiary/aromatic N) is 5. The third-order valence-corrected chi connectivity index (χ3v) is 15.1. The number of carboxylic acid groups (broad SMARTS) is 3. The number of H-pyrrole nitrogens is 1. The summed E-state index contributed by atoms with van der Waals surface area (Å²) in [5.74, 6) is -4.25. The third-order valence-electron chi connectivity index (χ3n) is 14.7. The molecule has 3 rings (SSSR count). The molecule has 6 amide bonds. The number of hydrazine groups is 2. The zero-order chi connectivity index (χ0) is 72.9. The third kappa shape index (κ3) is 22.2. The van der Waals surface area contributed by atoms with E-state index in [0.29, 0.717) is 5.69 Å². The number of nitrogens with one attached hydrogen (secondary N) is 7. The molecule has 20 atom stereocenters. The molecule has 538 valence electrons. The molecule has 3 aromatic rings. The molecule has 2 aromatic heterocycles. The number of aliphatic carboxylic acids is 3. The standard InChI is InChI=1S/C52H81N15O28S/c1-3-24(71)35(78)41(84)32(48(90)66(54)23(16-96)51(94)95)63-45(87)22(10-29(76)77)61-46(88)30(39(82)36(79)25(72)13-68)58-17(2)34(42(85)38(81)27(74)15-70)67(55)49(91)31(40(83)37(80)26(73)14-69)62-28(75)9-8-21(50(92)93)60-44(86)18-4-6-19(7-5-18)56-11-20-12-57-43-33(59-20)47(89)65-52(53)64-43/h4-7,12,17,21-27,30-32,34-42,56,58,68-74,78-85,96H,3,8-11,13-16,54-55H2,1-2H3,(H,60,86)(H,61,88)(H,62,75)(H,63,87)(H,76,77)(H,92,93)(H,94,95)(H3,53,57,64,65,89)/t17?,21-,22?,23+,24+,25+,26+,27-,30-,31-,32-,34+,35+,36+,37+,38-,39+,40+,41+,42-/m0/s1. The van der Waals surface area contributed by atoms with Crippen LogP contribution in [0.3, 0.4) is 0 Å². The van der Waals surface area contributed by atoms with E-state index in [-0.39, 0.29) is 51.4 Å². The fourth-order valence-electron chi connectivity index (χ4n) is 9.08. The molecule has 96 heavy (non-hydrogen) atoms. The second kappa shape index (κ2) is 38.0. The highest BCUT2D eigenvalue weighted by Crippen LogP contribution is 2.21. The molecule has 0 aliphatic heterocycles. The summed E-state index contributed by atoms with van der Waals surface area (Å²) < 4.78 is 0. The minimum Gasteiger partial charge on any atom is -0.481 e. The Morgan fingerprint density at radius 1 is 0.625 bits per heavy atom. The van der Waals surface area contributed by atoms with E-state index in [1.807, 2.05) is 5.32 Å². The number of aliphatic hydroxyl groups excluding tert-OH is 15. The molecular formula is C52H81N15O28S. The van der Waals surface area contributed by atoms with Crippen LogP contribution in [0.4, 0.5) is 11.6 Å². The van der Waals surface area contributed by atoms with E-state index in [4.69, 9.17) is 17.4 Å². The maximum atomic E-state index is 14.6. The molecule has 1 aromatic carbocycles. The number of nitrogen functional groups attached to an aromatic ring is 1. The molecule has 0 bridgehead atoms. The van der Waals surface area contributed by atoms with Gasteiger partial charge in [-0.25, -0.2) is 31.2 Å². The van der Waals surface area contributed by atoms with Gasteiger partial charge in [-0.1, -0.05) is 6.92 Å². The number of rotatable bonds is 41. The fraction of sp³-hybridized carbons (Fsp3) is 0.596. The summed E-state index contributed by atoms with van der Waals surface area (Å²) in [6.07, 6.45) is -32.9. The van der Waals surface area contributed by atoms with Crippen molar-refractivity contribution in [2.24, 2.45) is 11.7 Å². The van der Waals surface area contributed by atoms with E-state index < -0.39 is 225 Å². The van der Waals surface area contributed by atoms with Crippen LogP contribution in [0, 0.1) is 0 Å². The van der Waals surface area contributed by atoms with Crippen molar-refractivity contribution >= 4 is 88.8 Å². The van der Waals surface area contributed by atoms with E-state index in [2.05, 4.69) is 48.5 Å². The van der Waals surface area contributed by atoms with Crippen LogP contribution in [0.1, 0.15) is 55.6 Å². The summed E-state index contributed by atoms with van der Waals surface area (Å²) in [4.78, 5) is 147. The summed E-state index contributed by atoms with van der Waals surface area (Å²) in [6, 6.07) is -14.0. The van der Waals surface area contributed by atoms with Gasteiger partial charge in [0.25, 0.3) is 23.3 Å². The lowest BCUT2D eigenvalue weighted by Gasteiger charge is -2.42. The molecule has 0 saturated carbocycles. The van der Waals surface area contributed by atoms with Gasteiger partial charge in [-0.2, -0.15) is 17.6 Å². The Labute approximate surface area is 546 Å². The van der Waals surface area contributed by atoms with Crippen LogP contribution < -0.4 is 54.9 Å². The highest BCUT2D eigenvalue weighted by molar-refractivity contribution is 7.80. The Balaban J connectivity index is 2.04. The summed E-state index contributed by atoms with van der Waals surface area (Å²) in [5, 5.41) is 202. The minimum atomic E-state index is -2.84. The van der Waals surface area contributed by atoms with Crippen molar-refractivity contribution in [3.63, 3.8) is 0 Å². The number of aromatic amines is 1. The number of aliphatic hydroxyl groups is 15. The zero-order valence-corrected chi connectivity index (χ0v) is 51.7. The number of hydrogen-bond donors (Lipinski definition) is 29. The van der Waals surface area contributed by atoms with Crippen LogP contribution in [0.25, 0.3) is 11.2 Å². The summed E-state index contributed by atoms with van der Waals surface area (Å²) in [7, 11) is 0. The molecular weight excluding hydrogens is 1310 g/mol. The number of carboxylic acids is 3. The Kier molecular flexibility index (Phi) is 32.5. The number of fused-ring (bicyclic) bond motifs is 1. The van der Waals surface area contributed by atoms with Crippen LogP contribution >= 0.6 is 12.6 Å². The first-order chi connectivity index (χ1) is 44.9. The van der Waals surface area contributed by atoms with Crippen molar-refractivity contribution in [1.82, 2.24) is 56.5 Å². The molecule has 44 heteroatoms. The maximum absolute atomic E-state index is 14.6. The van der Waals surface area contributed by atoms with Gasteiger partial charge in [0.15, 0.2) is 17.2 Å². The van der Waals surface area contributed by atoms with Gasteiger partial charge in [0.2, 0.25) is 23.7 Å². The first-order valence-corrected chi connectivity index (χ1v) is 29.3. The van der Waals surface area contributed by atoms with Gasteiger partial charge in [0.05, 0.1) is 56.8 Å². The number of anilines is 2. The van der Waals surface area contributed by atoms with Crippen molar-refractivity contribution in [2.75, 3.05) is 36.6 Å². The van der Waals surface area contributed by atoms with E-state index in [0.717, 1.165) is 6.92 Å². The molecule has 2 unspecified atom stereocenters. The highest BCUT2D eigenvalue weighted by atomic mass is 32.1. The molecule has 2 heterocycles. The van der Waals surface area contributed by atoms with Crippen LogP contribution in [0.2, 0.25) is 0 Å². The van der Waals surface area contributed by atoms with Gasteiger partial charge in [-0.3, -0.25) is 58.7 Å². The largest absolute Gasteiger partial charge is 0.481 e. The number of thiol groups is 1. The second-order valence-electron chi connectivity index (χ2n) is 21.6. The molecule has 0 aliphatic carbocycles. The fourth-order valence-corrected chi connectivity index (χ4v) is 9.41. The van der Waals surface area contributed by atoms with Crippen molar-refractivity contribution in [1.29, 1.82) is 0 Å². The Morgan fingerprint density at radius 2 is 1.14 bits per heavy atom. The summed E-state index contributed by atoms with van der Waals surface area (Å²) in [6.45, 7) is -2.05. The molecule has 0 radical (unpaired) electrons. The lowest BCUT2D eigenvalue weighted by atomic mass is 9.92. The number of amides is 6. The van der Waals surface area contributed by atoms with Gasteiger partial charge < -0.3 is 124 Å². The lowest BCUT2D eigenvalue weighted by Crippen LogP contribution is -2.70. The first-order valence-electron chi connectivity index (χ1n) is 28.7. The number of carbonyl (C=O) groups excluding carboxylic acids is 6. The average molecular weight is 1400 g/mol.